The zero-order valence-corrected chi connectivity index (χ0v) is 8.90. The third kappa shape index (κ3) is 3.03. The Hall–Kier alpha value is -1.08. The second-order valence-corrected chi connectivity index (χ2v) is 3.38. The largest absolute Gasteiger partial charge is 0.347 e. The molecule has 0 aromatic carbocycles. The zero-order chi connectivity index (χ0) is 10.6. The van der Waals surface area contributed by atoms with Crippen molar-refractivity contribution in [2.75, 3.05) is 21.1 Å². The molecule has 0 heterocycles. The lowest BCUT2D eigenvalue weighted by molar-refractivity contribution is -0.133. The molecule has 0 radical (unpaired) electrons. The Labute approximate surface area is 79.7 Å². The molecule has 2 atom stereocenters. The summed E-state index contributed by atoms with van der Waals surface area (Å²) in [6.07, 6.45) is 0. The van der Waals surface area contributed by atoms with E-state index in [1.165, 1.54) is 4.90 Å². The van der Waals surface area contributed by atoms with E-state index in [-0.39, 0.29) is 18.0 Å². The van der Waals surface area contributed by atoms with Gasteiger partial charge in [-0.1, -0.05) is 0 Å². The number of rotatable bonds is 3. The summed E-state index contributed by atoms with van der Waals surface area (Å²) in [5.74, 6) is 0.0181. The third-order valence-electron chi connectivity index (χ3n) is 2.21. The van der Waals surface area contributed by atoms with Crippen molar-refractivity contribution in [3.8, 4) is 6.07 Å². The number of hydrogen-bond donors (Lipinski definition) is 0. The first kappa shape index (κ1) is 11.9. The van der Waals surface area contributed by atoms with E-state index in [1.807, 2.05) is 0 Å². The molecular formula is C9H17N3O. The van der Waals surface area contributed by atoms with Crippen molar-refractivity contribution in [1.29, 1.82) is 5.26 Å². The Morgan fingerprint density at radius 3 is 2.08 bits per heavy atom. The van der Waals surface area contributed by atoms with E-state index in [1.54, 1.807) is 39.9 Å². The predicted molar refractivity (Wildman–Crippen MR) is 51.0 cm³/mol. The fraction of sp³-hybridized carbons (Fsp3) is 0.778. The lowest BCUT2D eigenvalue weighted by atomic mass is 10.2. The van der Waals surface area contributed by atoms with Gasteiger partial charge < -0.3 is 4.90 Å². The average molecular weight is 183 g/mol. The SMILES string of the molecule is CC(C#N)N(C)C(C)C(=O)N(C)C. The van der Waals surface area contributed by atoms with Gasteiger partial charge in [0.2, 0.25) is 5.91 Å². The summed E-state index contributed by atoms with van der Waals surface area (Å²) in [4.78, 5) is 14.8. The molecule has 4 heteroatoms. The van der Waals surface area contributed by atoms with Gasteiger partial charge in [-0.25, -0.2) is 0 Å². The van der Waals surface area contributed by atoms with Crippen LogP contribution in [0.1, 0.15) is 13.8 Å². The van der Waals surface area contributed by atoms with Crippen LogP contribution in [0.5, 0.6) is 0 Å². The summed E-state index contributed by atoms with van der Waals surface area (Å²) >= 11 is 0. The van der Waals surface area contributed by atoms with Crippen LogP contribution in [0.2, 0.25) is 0 Å². The monoisotopic (exact) mass is 183 g/mol. The second kappa shape index (κ2) is 4.83. The normalized spacial score (nSPS) is 14.8. The minimum atomic E-state index is -0.246. The Kier molecular flexibility index (Phi) is 4.43. The van der Waals surface area contributed by atoms with Crippen LogP contribution in [0.25, 0.3) is 0 Å². The Morgan fingerprint density at radius 2 is 1.77 bits per heavy atom. The van der Waals surface area contributed by atoms with Crippen LogP contribution in [0.15, 0.2) is 0 Å². The molecule has 0 aliphatic carbocycles. The average Bonchev–Trinajstić information content (AvgIpc) is 2.12. The molecular weight excluding hydrogens is 166 g/mol. The van der Waals surface area contributed by atoms with Crippen molar-refractivity contribution >= 4 is 5.91 Å². The Bertz CT molecular complexity index is 219. The molecule has 74 valence electrons. The van der Waals surface area contributed by atoms with Gasteiger partial charge in [0.05, 0.1) is 18.2 Å². The van der Waals surface area contributed by atoms with Crippen LogP contribution in [-0.2, 0) is 4.79 Å². The maximum Gasteiger partial charge on any atom is 0.239 e. The van der Waals surface area contributed by atoms with Crippen molar-refractivity contribution in [2.24, 2.45) is 0 Å². The highest BCUT2D eigenvalue weighted by atomic mass is 16.2. The first-order chi connectivity index (χ1) is 5.91. The molecule has 0 aliphatic heterocycles. The van der Waals surface area contributed by atoms with Gasteiger partial charge in [-0.15, -0.1) is 0 Å². The molecule has 0 bridgehead atoms. The van der Waals surface area contributed by atoms with Gasteiger partial charge in [0.15, 0.2) is 0 Å². The Morgan fingerprint density at radius 1 is 1.31 bits per heavy atom. The number of hydrogen-bond acceptors (Lipinski definition) is 3. The van der Waals surface area contributed by atoms with E-state index >= 15 is 0 Å². The molecule has 13 heavy (non-hydrogen) atoms. The fourth-order valence-corrected chi connectivity index (χ4v) is 0.974. The van der Waals surface area contributed by atoms with Gasteiger partial charge in [-0.05, 0) is 20.9 Å². The predicted octanol–water partition coefficient (Wildman–Crippen LogP) is 0.307. The summed E-state index contributed by atoms with van der Waals surface area (Å²) in [5.41, 5.74) is 0. The topological polar surface area (TPSA) is 47.3 Å². The summed E-state index contributed by atoms with van der Waals surface area (Å²) < 4.78 is 0. The molecule has 2 unspecified atom stereocenters. The van der Waals surface area contributed by atoms with Crippen molar-refractivity contribution < 1.29 is 4.79 Å². The molecule has 4 nitrogen and oxygen atoms in total. The molecule has 1 amide bonds. The van der Waals surface area contributed by atoms with E-state index in [2.05, 4.69) is 6.07 Å². The minimum absolute atomic E-state index is 0.0181. The standard InChI is InChI=1S/C9H17N3O/c1-7(6-10)12(5)8(2)9(13)11(3)4/h7-8H,1-5H3. The number of carbonyl (C=O) groups is 1. The molecule has 0 aromatic rings. The fourth-order valence-electron chi connectivity index (χ4n) is 0.974. The van der Waals surface area contributed by atoms with Crippen molar-refractivity contribution in [2.45, 2.75) is 25.9 Å². The zero-order valence-electron chi connectivity index (χ0n) is 8.90. The van der Waals surface area contributed by atoms with Gasteiger partial charge in [0, 0.05) is 14.1 Å². The van der Waals surface area contributed by atoms with Crippen molar-refractivity contribution in [3.63, 3.8) is 0 Å². The molecule has 0 aliphatic rings. The number of amides is 1. The lowest BCUT2D eigenvalue weighted by Gasteiger charge is -2.27. The summed E-state index contributed by atoms with van der Waals surface area (Å²) in [6.45, 7) is 3.58. The summed E-state index contributed by atoms with van der Waals surface area (Å²) in [6, 6.07) is 1.61. The van der Waals surface area contributed by atoms with Gasteiger partial charge in [-0.2, -0.15) is 5.26 Å². The van der Waals surface area contributed by atoms with Crippen LogP contribution < -0.4 is 0 Å². The van der Waals surface area contributed by atoms with Crippen LogP contribution >= 0.6 is 0 Å². The smallest absolute Gasteiger partial charge is 0.239 e. The van der Waals surface area contributed by atoms with Crippen LogP contribution in [0.4, 0.5) is 0 Å². The minimum Gasteiger partial charge on any atom is -0.347 e. The third-order valence-corrected chi connectivity index (χ3v) is 2.21. The van der Waals surface area contributed by atoms with Crippen LogP contribution in [0, 0.1) is 11.3 Å². The second-order valence-electron chi connectivity index (χ2n) is 3.38. The molecule has 0 spiro atoms. The highest BCUT2D eigenvalue weighted by Gasteiger charge is 2.22. The lowest BCUT2D eigenvalue weighted by Crippen LogP contribution is -2.45. The number of likely N-dealkylation sites (N-methyl/N-ethyl adjacent to an activating group) is 2. The highest BCUT2D eigenvalue weighted by molar-refractivity contribution is 5.80. The quantitative estimate of drug-likeness (QED) is 0.632. The van der Waals surface area contributed by atoms with Crippen molar-refractivity contribution in [3.05, 3.63) is 0 Å². The van der Waals surface area contributed by atoms with Gasteiger partial charge in [0.1, 0.15) is 0 Å². The van der Waals surface area contributed by atoms with Crippen molar-refractivity contribution in [1.82, 2.24) is 9.80 Å². The molecule has 0 saturated heterocycles. The molecule has 0 N–H and O–H groups in total. The first-order valence-electron chi connectivity index (χ1n) is 4.24. The molecule has 0 saturated carbocycles. The summed E-state index contributed by atoms with van der Waals surface area (Å²) in [7, 11) is 5.20. The first-order valence-corrected chi connectivity index (χ1v) is 4.24. The van der Waals surface area contributed by atoms with Crippen LogP contribution in [-0.4, -0.2) is 48.9 Å². The highest BCUT2D eigenvalue weighted by Crippen LogP contribution is 2.03. The molecule has 0 rings (SSSR count). The number of nitriles is 1. The van der Waals surface area contributed by atoms with E-state index in [0.717, 1.165) is 0 Å². The number of carbonyl (C=O) groups excluding carboxylic acids is 1. The van der Waals surface area contributed by atoms with E-state index in [9.17, 15) is 4.79 Å². The van der Waals surface area contributed by atoms with E-state index in [4.69, 9.17) is 5.26 Å². The maximum absolute atomic E-state index is 11.5. The van der Waals surface area contributed by atoms with Crippen LogP contribution in [0.3, 0.4) is 0 Å². The van der Waals surface area contributed by atoms with Gasteiger partial charge >= 0.3 is 0 Å². The number of nitrogens with zero attached hydrogens (tertiary/aromatic N) is 3. The van der Waals surface area contributed by atoms with E-state index < -0.39 is 0 Å². The summed E-state index contributed by atoms with van der Waals surface area (Å²) in [5, 5.41) is 8.66. The molecule has 0 aromatic heterocycles. The van der Waals surface area contributed by atoms with Gasteiger partial charge in [-0.3, -0.25) is 9.69 Å². The Balaban J connectivity index is 4.35. The van der Waals surface area contributed by atoms with Gasteiger partial charge in [0.25, 0.3) is 0 Å². The van der Waals surface area contributed by atoms with E-state index in [0.29, 0.717) is 0 Å². The molecule has 0 fully saturated rings. The maximum atomic E-state index is 11.5.